The van der Waals surface area contributed by atoms with Gasteiger partial charge in [-0.25, -0.2) is 4.98 Å². The molecular formula is C11H19N5. The third-order valence-electron chi connectivity index (χ3n) is 3.02. The summed E-state index contributed by atoms with van der Waals surface area (Å²) in [6, 6.07) is 2.19. The largest absolute Gasteiger partial charge is 0.355 e. The lowest BCUT2D eigenvalue weighted by molar-refractivity contribution is 0.566. The first-order valence-corrected chi connectivity index (χ1v) is 5.59. The van der Waals surface area contributed by atoms with Gasteiger partial charge in [-0.1, -0.05) is 6.92 Å². The molecule has 1 fully saturated rings. The number of rotatable bonds is 2. The van der Waals surface area contributed by atoms with Crippen molar-refractivity contribution in [2.24, 2.45) is 11.7 Å². The lowest BCUT2D eigenvalue weighted by atomic mass is 10.1. The molecule has 16 heavy (non-hydrogen) atoms. The molecule has 1 aliphatic rings. The van der Waals surface area contributed by atoms with Crippen LogP contribution in [0.2, 0.25) is 0 Å². The van der Waals surface area contributed by atoms with Crippen molar-refractivity contribution in [1.82, 2.24) is 9.97 Å². The molecule has 5 nitrogen and oxygen atoms in total. The lowest BCUT2D eigenvalue weighted by Gasteiger charge is -2.18. The highest BCUT2D eigenvalue weighted by atomic mass is 15.3. The molecule has 0 spiro atoms. The molecule has 0 amide bonds. The summed E-state index contributed by atoms with van der Waals surface area (Å²) in [5, 5.41) is 0. The van der Waals surface area contributed by atoms with E-state index in [0.29, 0.717) is 5.92 Å². The number of anilines is 2. The average Bonchev–Trinajstić information content (AvgIpc) is 2.59. The molecule has 0 bridgehead atoms. The van der Waals surface area contributed by atoms with Gasteiger partial charge in [-0.05, 0) is 12.0 Å². The molecule has 1 aliphatic heterocycles. The lowest BCUT2D eigenvalue weighted by Crippen LogP contribution is -2.29. The molecule has 2 heterocycles. The third kappa shape index (κ3) is 2.09. The maximum Gasteiger partial charge on any atom is 0.226 e. The molecule has 0 aliphatic carbocycles. The fourth-order valence-corrected chi connectivity index (χ4v) is 1.91. The number of hydrogen-bond donors (Lipinski definition) is 1. The maximum atomic E-state index is 6.01. The van der Waals surface area contributed by atoms with E-state index in [0.717, 1.165) is 24.9 Å². The molecule has 1 aromatic rings. The molecule has 0 saturated carbocycles. The summed E-state index contributed by atoms with van der Waals surface area (Å²) in [7, 11) is 3.88. The normalized spacial score (nSPS) is 24.9. The van der Waals surface area contributed by atoms with Crippen LogP contribution in [0.15, 0.2) is 12.3 Å². The second-order valence-corrected chi connectivity index (χ2v) is 4.66. The fraction of sp³-hybridized carbons (Fsp3) is 0.636. The summed E-state index contributed by atoms with van der Waals surface area (Å²) < 4.78 is 0. The van der Waals surface area contributed by atoms with Crippen LogP contribution >= 0.6 is 0 Å². The van der Waals surface area contributed by atoms with Crippen LogP contribution in [0, 0.1) is 5.92 Å². The first-order chi connectivity index (χ1) is 7.58. The van der Waals surface area contributed by atoms with E-state index >= 15 is 0 Å². The summed E-state index contributed by atoms with van der Waals surface area (Å²) in [6.45, 7) is 4.04. The summed E-state index contributed by atoms with van der Waals surface area (Å²) in [6.07, 6.45) is 1.80. The molecule has 2 atom stereocenters. The van der Waals surface area contributed by atoms with Crippen molar-refractivity contribution in [3.8, 4) is 0 Å². The molecule has 1 aromatic heterocycles. The van der Waals surface area contributed by atoms with Crippen molar-refractivity contribution in [2.75, 3.05) is 37.0 Å². The van der Waals surface area contributed by atoms with Crippen LogP contribution in [-0.4, -0.2) is 43.2 Å². The van der Waals surface area contributed by atoms with Gasteiger partial charge in [0.2, 0.25) is 5.95 Å². The van der Waals surface area contributed by atoms with Crippen LogP contribution in [0.3, 0.4) is 0 Å². The highest BCUT2D eigenvalue weighted by Crippen LogP contribution is 2.21. The van der Waals surface area contributed by atoms with Gasteiger partial charge in [-0.15, -0.1) is 0 Å². The molecule has 5 heteroatoms. The standard InChI is InChI=1S/C11H19N5/c1-8-6-16(7-9(8)12)10-4-5-13-11(14-10)15(2)3/h4-5,8-9H,6-7,12H2,1-3H3. The van der Waals surface area contributed by atoms with Gasteiger partial charge < -0.3 is 15.5 Å². The molecule has 2 N–H and O–H groups in total. The van der Waals surface area contributed by atoms with E-state index in [2.05, 4.69) is 21.8 Å². The first-order valence-electron chi connectivity index (χ1n) is 5.59. The molecular weight excluding hydrogens is 202 g/mol. The van der Waals surface area contributed by atoms with Crippen molar-refractivity contribution in [1.29, 1.82) is 0 Å². The Bertz CT molecular complexity index is 355. The summed E-state index contributed by atoms with van der Waals surface area (Å²) in [4.78, 5) is 12.8. The van der Waals surface area contributed by atoms with E-state index in [1.807, 2.05) is 25.1 Å². The minimum absolute atomic E-state index is 0.248. The van der Waals surface area contributed by atoms with Crippen LogP contribution in [0.5, 0.6) is 0 Å². The Hall–Kier alpha value is -1.36. The quantitative estimate of drug-likeness (QED) is 0.779. The summed E-state index contributed by atoms with van der Waals surface area (Å²) >= 11 is 0. The number of nitrogens with zero attached hydrogens (tertiary/aromatic N) is 4. The predicted molar refractivity (Wildman–Crippen MR) is 65.7 cm³/mol. The van der Waals surface area contributed by atoms with Crippen molar-refractivity contribution in [2.45, 2.75) is 13.0 Å². The van der Waals surface area contributed by atoms with Gasteiger partial charge in [-0.2, -0.15) is 4.98 Å². The van der Waals surface area contributed by atoms with E-state index in [-0.39, 0.29) is 6.04 Å². The Kier molecular flexibility index (Phi) is 2.96. The Balaban J connectivity index is 2.18. The zero-order chi connectivity index (χ0) is 11.7. The van der Waals surface area contributed by atoms with Crippen molar-refractivity contribution < 1.29 is 0 Å². The minimum atomic E-state index is 0.248. The van der Waals surface area contributed by atoms with E-state index in [1.54, 1.807) is 6.20 Å². The minimum Gasteiger partial charge on any atom is -0.355 e. The second kappa shape index (κ2) is 4.25. The van der Waals surface area contributed by atoms with Gasteiger partial charge in [0, 0.05) is 39.4 Å². The van der Waals surface area contributed by atoms with Crippen LogP contribution in [0.4, 0.5) is 11.8 Å². The Morgan fingerprint density at radius 3 is 2.75 bits per heavy atom. The maximum absolute atomic E-state index is 6.01. The molecule has 0 radical (unpaired) electrons. The van der Waals surface area contributed by atoms with Crippen LogP contribution in [0.25, 0.3) is 0 Å². The van der Waals surface area contributed by atoms with E-state index in [9.17, 15) is 0 Å². The smallest absolute Gasteiger partial charge is 0.226 e. The zero-order valence-electron chi connectivity index (χ0n) is 10.1. The van der Waals surface area contributed by atoms with Gasteiger partial charge in [0.1, 0.15) is 5.82 Å². The van der Waals surface area contributed by atoms with Gasteiger partial charge in [0.15, 0.2) is 0 Å². The SMILES string of the molecule is CC1CN(c2ccnc(N(C)C)n2)CC1N. The second-order valence-electron chi connectivity index (χ2n) is 4.66. The Morgan fingerprint density at radius 1 is 1.44 bits per heavy atom. The number of hydrogen-bond acceptors (Lipinski definition) is 5. The van der Waals surface area contributed by atoms with E-state index < -0.39 is 0 Å². The molecule has 88 valence electrons. The average molecular weight is 221 g/mol. The Morgan fingerprint density at radius 2 is 2.19 bits per heavy atom. The molecule has 2 unspecified atom stereocenters. The van der Waals surface area contributed by atoms with Crippen molar-refractivity contribution >= 4 is 11.8 Å². The molecule has 1 saturated heterocycles. The topological polar surface area (TPSA) is 58.3 Å². The number of aromatic nitrogens is 2. The fourth-order valence-electron chi connectivity index (χ4n) is 1.91. The first kappa shape index (κ1) is 11.1. The van der Waals surface area contributed by atoms with Crippen LogP contribution in [-0.2, 0) is 0 Å². The van der Waals surface area contributed by atoms with E-state index in [4.69, 9.17) is 5.73 Å². The van der Waals surface area contributed by atoms with Gasteiger partial charge in [-0.3, -0.25) is 0 Å². The predicted octanol–water partition coefficient (Wildman–Crippen LogP) is 0.326. The highest BCUT2D eigenvalue weighted by Gasteiger charge is 2.27. The zero-order valence-corrected chi connectivity index (χ0v) is 10.1. The van der Waals surface area contributed by atoms with Crippen LogP contribution in [0.1, 0.15) is 6.92 Å². The summed E-state index contributed by atoms with van der Waals surface area (Å²) in [5.41, 5.74) is 6.01. The van der Waals surface area contributed by atoms with Gasteiger partial charge in [0.05, 0.1) is 0 Å². The third-order valence-corrected chi connectivity index (χ3v) is 3.02. The Labute approximate surface area is 96.3 Å². The van der Waals surface area contributed by atoms with E-state index in [1.165, 1.54) is 0 Å². The van der Waals surface area contributed by atoms with Crippen molar-refractivity contribution in [3.63, 3.8) is 0 Å². The number of nitrogens with two attached hydrogens (primary N) is 1. The van der Waals surface area contributed by atoms with Gasteiger partial charge in [0.25, 0.3) is 0 Å². The van der Waals surface area contributed by atoms with Crippen molar-refractivity contribution in [3.05, 3.63) is 12.3 Å². The monoisotopic (exact) mass is 221 g/mol. The molecule has 0 aromatic carbocycles. The highest BCUT2D eigenvalue weighted by molar-refractivity contribution is 5.44. The van der Waals surface area contributed by atoms with Crippen LogP contribution < -0.4 is 15.5 Å². The summed E-state index contributed by atoms with van der Waals surface area (Å²) in [5.74, 6) is 2.24. The van der Waals surface area contributed by atoms with Gasteiger partial charge >= 0.3 is 0 Å². The molecule has 2 rings (SSSR count).